The van der Waals surface area contributed by atoms with E-state index >= 15 is 0 Å². The van der Waals surface area contributed by atoms with Crippen molar-refractivity contribution in [3.8, 4) is 0 Å². The van der Waals surface area contributed by atoms with Gasteiger partial charge >= 0.3 is 0 Å². The highest BCUT2D eigenvalue weighted by molar-refractivity contribution is 5.84. The molecule has 0 atom stereocenters. The first-order valence-corrected chi connectivity index (χ1v) is 4.68. The Labute approximate surface area is 79.0 Å². The van der Waals surface area contributed by atoms with Gasteiger partial charge in [-0.25, -0.2) is 0 Å². The Kier molecular flexibility index (Phi) is 3.07. The maximum atomic E-state index is 4.00. The fourth-order valence-corrected chi connectivity index (χ4v) is 1.31. The van der Waals surface area contributed by atoms with Crippen molar-refractivity contribution >= 4 is 10.9 Å². The Morgan fingerprint density at radius 3 is 2.31 bits per heavy atom. The smallest absolute Gasteiger partial charge is 0.0682 e. The molecular formula is C11H16N2. The fraction of sp³-hybridized carbons (Fsp3) is 0.364. The summed E-state index contributed by atoms with van der Waals surface area (Å²) in [5.41, 5.74) is 3.69. The van der Waals surface area contributed by atoms with E-state index in [1.807, 2.05) is 20.0 Å². The topological polar surface area (TPSA) is 28.7 Å². The predicted octanol–water partition coefficient (Wildman–Crippen LogP) is 3.21. The lowest BCUT2D eigenvalue weighted by Gasteiger charge is -1.96. The van der Waals surface area contributed by atoms with Gasteiger partial charge in [-0.15, -0.1) is 0 Å². The van der Waals surface area contributed by atoms with E-state index in [4.69, 9.17) is 0 Å². The van der Waals surface area contributed by atoms with Gasteiger partial charge in [0.2, 0.25) is 0 Å². The Bertz CT molecular complexity index is 352. The van der Waals surface area contributed by atoms with Gasteiger partial charge in [-0.3, -0.25) is 5.10 Å². The lowest BCUT2D eigenvalue weighted by Crippen LogP contribution is -1.78. The van der Waals surface area contributed by atoms with Crippen LogP contribution < -0.4 is 0 Å². The van der Waals surface area contributed by atoms with Gasteiger partial charge in [0.15, 0.2) is 0 Å². The second-order valence-electron chi connectivity index (χ2n) is 2.86. The lowest BCUT2D eigenvalue weighted by molar-refractivity contribution is 1.11. The zero-order valence-electron chi connectivity index (χ0n) is 8.68. The highest BCUT2D eigenvalue weighted by Gasteiger charge is 2.00. The zero-order valence-corrected chi connectivity index (χ0v) is 8.68. The van der Waals surface area contributed by atoms with Crippen LogP contribution in [0.15, 0.2) is 18.3 Å². The van der Waals surface area contributed by atoms with Gasteiger partial charge in [0.1, 0.15) is 0 Å². The Morgan fingerprint density at radius 2 is 1.69 bits per heavy atom. The van der Waals surface area contributed by atoms with Crippen molar-refractivity contribution in [2.24, 2.45) is 0 Å². The molecule has 0 saturated carbocycles. The molecule has 0 radical (unpaired) electrons. The fourth-order valence-electron chi connectivity index (χ4n) is 1.31. The number of aromatic amines is 1. The molecule has 1 N–H and O–H groups in total. The third-order valence-electron chi connectivity index (χ3n) is 2.04. The quantitative estimate of drug-likeness (QED) is 0.656. The number of H-pyrrole nitrogens is 1. The van der Waals surface area contributed by atoms with E-state index in [0.29, 0.717) is 0 Å². The molecule has 2 rings (SSSR count). The average Bonchev–Trinajstić information content (AvgIpc) is 2.64. The van der Waals surface area contributed by atoms with Crippen molar-refractivity contribution in [2.75, 3.05) is 0 Å². The summed E-state index contributed by atoms with van der Waals surface area (Å²) in [6.45, 7) is 8.18. The summed E-state index contributed by atoms with van der Waals surface area (Å²) in [4.78, 5) is 0. The molecule has 0 fully saturated rings. The molecule has 1 aromatic carbocycles. The minimum atomic E-state index is 1.16. The van der Waals surface area contributed by atoms with Gasteiger partial charge in [0.05, 0.1) is 11.7 Å². The van der Waals surface area contributed by atoms with Gasteiger partial charge in [-0.1, -0.05) is 26.0 Å². The number of aromatic nitrogens is 2. The first kappa shape index (κ1) is 9.78. The third-order valence-corrected chi connectivity index (χ3v) is 2.04. The molecule has 0 saturated heterocycles. The van der Waals surface area contributed by atoms with Crippen LogP contribution in [-0.2, 0) is 0 Å². The normalized spacial score (nSPS) is 9.54. The van der Waals surface area contributed by atoms with Crippen molar-refractivity contribution in [3.05, 3.63) is 29.5 Å². The molecule has 2 aromatic rings. The Hall–Kier alpha value is -1.31. The number of benzene rings is 1. The molecule has 2 heteroatoms. The van der Waals surface area contributed by atoms with E-state index in [1.165, 1.54) is 16.5 Å². The Morgan fingerprint density at radius 1 is 1.08 bits per heavy atom. The maximum absolute atomic E-state index is 4.00. The number of hydrogen-bond acceptors (Lipinski definition) is 1. The molecule has 1 aromatic heterocycles. The molecule has 0 unspecified atom stereocenters. The van der Waals surface area contributed by atoms with Gasteiger partial charge in [-0.2, -0.15) is 5.10 Å². The van der Waals surface area contributed by atoms with E-state index in [-0.39, 0.29) is 0 Å². The second kappa shape index (κ2) is 4.08. The van der Waals surface area contributed by atoms with Crippen LogP contribution in [0.4, 0.5) is 0 Å². The van der Waals surface area contributed by atoms with Crippen LogP contribution in [0.5, 0.6) is 0 Å². The van der Waals surface area contributed by atoms with E-state index in [1.54, 1.807) is 0 Å². The van der Waals surface area contributed by atoms with Crippen LogP contribution in [-0.4, -0.2) is 10.2 Å². The van der Waals surface area contributed by atoms with Crippen molar-refractivity contribution in [1.82, 2.24) is 10.2 Å². The summed E-state index contributed by atoms with van der Waals surface area (Å²) in [6.07, 6.45) is 1.87. The maximum Gasteiger partial charge on any atom is 0.0682 e. The summed E-state index contributed by atoms with van der Waals surface area (Å²) in [7, 11) is 0. The summed E-state index contributed by atoms with van der Waals surface area (Å²) >= 11 is 0. The molecule has 2 nitrogen and oxygen atoms in total. The molecule has 0 aliphatic heterocycles. The first-order valence-electron chi connectivity index (χ1n) is 4.68. The first-order chi connectivity index (χ1) is 6.29. The largest absolute Gasteiger partial charge is 0.278 e. The van der Waals surface area contributed by atoms with Crippen molar-refractivity contribution in [2.45, 2.75) is 27.7 Å². The van der Waals surface area contributed by atoms with Gasteiger partial charge in [0.25, 0.3) is 0 Å². The summed E-state index contributed by atoms with van der Waals surface area (Å²) in [5.74, 6) is 0. The monoisotopic (exact) mass is 176 g/mol. The minimum Gasteiger partial charge on any atom is -0.278 e. The van der Waals surface area contributed by atoms with Crippen molar-refractivity contribution in [1.29, 1.82) is 0 Å². The van der Waals surface area contributed by atoms with E-state index in [0.717, 1.165) is 5.52 Å². The SMILES string of the molecule is CC.Cc1ccc(C)c2[nH]ncc12. The zero-order chi connectivity index (χ0) is 9.84. The number of hydrogen-bond donors (Lipinski definition) is 1. The molecule has 1 heterocycles. The van der Waals surface area contributed by atoms with Crippen LogP contribution in [0.25, 0.3) is 10.9 Å². The molecule has 70 valence electrons. The van der Waals surface area contributed by atoms with Crippen molar-refractivity contribution in [3.63, 3.8) is 0 Å². The molecule has 0 spiro atoms. The summed E-state index contributed by atoms with van der Waals surface area (Å²) in [6, 6.07) is 4.23. The van der Waals surface area contributed by atoms with Crippen LogP contribution in [0.3, 0.4) is 0 Å². The molecule has 0 aliphatic rings. The standard InChI is InChI=1S/C9H10N2.C2H6/c1-6-3-4-7(2)9-8(6)5-10-11-9;1-2/h3-5H,1-2H3,(H,10,11);1-2H3. The Balaban J connectivity index is 0.000000396. The van der Waals surface area contributed by atoms with E-state index < -0.39 is 0 Å². The van der Waals surface area contributed by atoms with E-state index in [9.17, 15) is 0 Å². The van der Waals surface area contributed by atoms with Crippen LogP contribution in [0, 0.1) is 13.8 Å². The third kappa shape index (κ3) is 1.72. The number of nitrogens with zero attached hydrogens (tertiary/aromatic N) is 1. The van der Waals surface area contributed by atoms with E-state index in [2.05, 4.69) is 36.2 Å². The molecule has 0 bridgehead atoms. The number of fused-ring (bicyclic) bond motifs is 1. The minimum absolute atomic E-state index is 1.16. The van der Waals surface area contributed by atoms with Crippen LogP contribution in [0.2, 0.25) is 0 Å². The predicted molar refractivity (Wildman–Crippen MR) is 56.9 cm³/mol. The lowest BCUT2D eigenvalue weighted by atomic mass is 10.1. The van der Waals surface area contributed by atoms with Crippen LogP contribution in [0.1, 0.15) is 25.0 Å². The number of rotatable bonds is 0. The van der Waals surface area contributed by atoms with Gasteiger partial charge in [-0.05, 0) is 25.0 Å². The van der Waals surface area contributed by atoms with Crippen LogP contribution >= 0.6 is 0 Å². The number of nitrogens with one attached hydrogen (secondary N) is 1. The van der Waals surface area contributed by atoms with Crippen molar-refractivity contribution < 1.29 is 0 Å². The highest BCUT2D eigenvalue weighted by Crippen LogP contribution is 2.18. The molecule has 0 aliphatic carbocycles. The number of aryl methyl sites for hydroxylation is 2. The van der Waals surface area contributed by atoms with Gasteiger partial charge in [0, 0.05) is 5.39 Å². The molecule has 13 heavy (non-hydrogen) atoms. The summed E-state index contributed by atoms with van der Waals surface area (Å²) < 4.78 is 0. The highest BCUT2D eigenvalue weighted by atomic mass is 15.1. The average molecular weight is 176 g/mol. The summed E-state index contributed by atoms with van der Waals surface area (Å²) in [5, 5.41) is 8.20. The molecule has 0 amide bonds. The second-order valence-corrected chi connectivity index (χ2v) is 2.86. The molecular weight excluding hydrogens is 160 g/mol. The van der Waals surface area contributed by atoms with Gasteiger partial charge < -0.3 is 0 Å².